The van der Waals surface area contributed by atoms with E-state index >= 15 is 0 Å². The van der Waals surface area contributed by atoms with E-state index in [1.165, 1.54) is 16.4 Å². The fourth-order valence-corrected chi connectivity index (χ4v) is 2.98. The number of morpholine rings is 1. The van der Waals surface area contributed by atoms with Gasteiger partial charge in [-0.15, -0.1) is 0 Å². The average Bonchev–Trinajstić information content (AvgIpc) is 2.31. The van der Waals surface area contributed by atoms with Gasteiger partial charge in [-0.2, -0.15) is 0 Å². The quantitative estimate of drug-likeness (QED) is 0.651. The van der Waals surface area contributed by atoms with Crippen molar-refractivity contribution in [3.63, 3.8) is 0 Å². The smallest absolute Gasteiger partial charge is 0.870 e. The summed E-state index contributed by atoms with van der Waals surface area (Å²) in [5, 5.41) is 0. The van der Waals surface area contributed by atoms with Crippen LogP contribution in [-0.4, -0.2) is 57.8 Å². The fraction of sp³-hybridized carbons (Fsp3) is 0.400. The molecule has 0 bridgehead atoms. The number of nitrogens with zero attached hydrogens (tertiary/aromatic N) is 1. The first-order valence-corrected chi connectivity index (χ1v) is 6.48. The summed E-state index contributed by atoms with van der Waals surface area (Å²) in [4.78, 5) is 0.281. The molecule has 0 unspecified atom stereocenters. The molecule has 6 nitrogen and oxygen atoms in total. The number of sulfonamides is 1. The fourth-order valence-electron chi connectivity index (χ4n) is 1.58. The topological polar surface area (TPSA) is 107 Å². The van der Waals surface area contributed by atoms with Gasteiger partial charge in [-0.1, -0.05) is 0 Å². The van der Waals surface area contributed by atoms with E-state index in [1.54, 1.807) is 12.1 Å². The Morgan fingerprint density at radius 2 is 1.56 bits per heavy atom. The van der Waals surface area contributed by atoms with Crippen LogP contribution in [-0.2, 0) is 14.8 Å². The van der Waals surface area contributed by atoms with Crippen LogP contribution in [0.15, 0.2) is 29.2 Å². The Balaban J connectivity index is 0.00000144. The van der Waals surface area contributed by atoms with E-state index in [-0.39, 0.29) is 15.8 Å². The Bertz CT molecular complexity index is 456. The summed E-state index contributed by atoms with van der Waals surface area (Å²) in [6, 6.07) is 6.24. The molecule has 0 aliphatic carbocycles. The second-order valence-electron chi connectivity index (χ2n) is 3.59. The molecule has 2 N–H and O–H groups in total. The SMILES string of the molecule is [B+2]c1ccc(S(=O)(=O)N2CCOCC2)cc1.[OH-].[OH-]. The monoisotopic (exact) mass is 271 g/mol. The first-order chi connectivity index (χ1) is 7.60. The molecule has 18 heavy (non-hydrogen) atoms. The zero-order valence-electron chi connectivity index (χ0n) is 9.69. The van der Waals surface area contributed by atoms with E-state index in [0.29, 0.717) is 31.8 Å². The van der Waals surface area contributed by atoms with Gasteiger partial charge in [0.1, 0.15) is 0 Å². The van der Waals surface area contributed by atoms with Gasteiger partial charge < -0.3 is 11.0 Å². The molecule has 1 aliphatic rings. The standard InChI is InChI=1S/C10H12BNO3S.2H2O/c11-9-1-3-10(4-2-9)16(13,14)12-5-7-15-8-6-12;;/h1-4H,5-8H2;2*1H2/q+2;;/p-2. The van der Waals surface area contributed by atoms with Crippen molar-refractivity contribution >= 4 is 23.3 Å². The Labute approximate surface area is 108 Å². The normalized spacial score (nSPS) is 16.6. The molecule has 2 rings (SSSR count). The van der Waals surface area contributed by atoms with Crippen molar-refractivity contribution in [3.8, 4) is 0 Å². The Morgan fingerprint density at radius 3 is 2.06 bits per heavy atom. The van der Waals surface area contributed by atoms with Crippen LogP contribution >= 0.6 is 0 Å². The third-order valence-electron chi connectivity index (χ3n) is 2.49. The van der Waals surface area contributed by atoms with Crippen molar-refractivity contribution < 1.29 is 24.1 Å². The summed E-state index contributed by atoms with van der Waals surface area (Å²) >= 11 is 0. The predicted molar refractivity (Wildman–Crippen MR) is 65.3 cm³/mol. The van der Waals surface area contributed by atoms with E-state index in [0.717, 1.165) is 0 Å². The first kappa shape index (κ1) is 17.1. The molecule has 1 saturated heterocycles. The summed E-state index contributed by atoms with van der Waals surface area (Å²) in [6.45, 7) is 1.72. The summed E-state index contributed by atoms with van der Waals surface area (Å²) in [6.07, 6.45) is 0. The van der Waals surface area contributed by atoms with Crippen molar-refractivity contribution in [2.45, 2.75) is 4.90 Å². The minimum Gasteiger partial charge on any atom is -0.870 e. The second-order valence-corrected chi connectivity index (χ2v) is 5.52. The molecule has 0 spiro atoms. The van der Waals surface area contributed by atoms with Gasteiger partial charge in [0, 0.05) is 0 Å². The maximum atomic E-state index is 12.1. The number of benzene rings is 1. The second kappa shape index (κ2) is 6.86. The predicted octanol–water partition coefficient (Wildman–Crippen LogP) is -0.852. The van der Waals surface area contributed by atoms with Gasteiger partial charge >= 0.3 is 96.3 Å². The molecule has 0 atom stereocenters. The molecule has 0 aromatic heterocycles. The maximum absolute atomic E-state index is 12.1. The number of hydrogen-bond donors (Lipinski definition) is 0. The molecule has 8 heteroatoms. The maximum Gasteiger partial charge on any atom is -0.870 e. The largest absolute Gasteiger partial charge is 0.870 e. The van der Waals surface area contributed by atoms with Gasteiger partial charge in [-0.3, -0.25) is 0 Å². The van der Waals surface area contributed by atoms with Gasteiger partial charge in [0.2, 0.25) is 0 Å². The van der Waals surface area contributed by atoms with Crippen LogP contribution in [0.2, 0.25) is 0 Å². The summed E-state index contributed by atoms with van der Waals surface area (Å²) in [5.74, 6) is 0. The molecule has 0 radical (unpaired) electrons. The summed E-state index contributed by atoms with van der Waals surface area (Å²) in [7, 11) is 2.14. The van der Waals surface area contributed by atoms with Crippen molar-refractivity contribution in [1.82, 2.24) is 4.31 Å². The number of hydrogen-bond acceptors (Lipinski definition) is 5. The average molecular weight is 271 g/mol. The van der Waals surface area contributed by atoms with Crippen LogP contribution in [0.3, 0.4) is 0 Å². The Kier molecular flexibility index (Phi) is 6.51. The zero-order chi connectivity index (χ0) is 11.6. The van der Waals surface area contributed by atoms with Crippen LogP contribution in [0, 0.1) is 0 Å². The summed E-state index contributed by atoms with van der Waals surface area (Å²) < 4.78 is 30.8. The van der Waals surface area contributed by atoms with Crippen LogP contribution < -0.4 is 5.46 Å². The molecule has 0 saturated carbocycles. The van der Waals surface area contributed by atoms with Crippen LogP contribution in [0.4, 0.5) is 0 Å². The molecule has 1 aromatic carbocycles. The minimum atomic E-state index is -3.38. The number of rotatable bonds is 2. The van der Waals surface area contributed by atoms with Gasteiger partial charge in [-0.05, 0) is 0 Å². The van der Waals surface area contributed by atoms with E-state index in [1.807, 2.05) is 0 Å². The number of ether oxygens (including phenoxy) is 1. The van der Waals surface area contributed by atoms with E-state index in [9.17, 15) is 8.42 Å². The summed E-state index contributed by atoms with van der Waals surface area (Å²) in [5.41, 5.74) is 0.556. The van der Waals surface area contributed by atoms with Crippen LogP contribution in [0.5, 0.6) is 0 Å². The Morgan fingerprint density at radius 1 is 1.06 bits per heavy atom. The van der Waals surface area contributed by atoms with E-state index < -0.39 is 10.0 Å². The van der Waals surface area contributed by atoms with Gasteiger partial charge in [0.15, 0.2) is 0 Å². The first-order valence-electron chi connectivity index (χ1n) is 5.04. The van der Waals surface area contributed by atoms with Crippen molar-refractivity contribution in [3.05, 3.63) is 24.3 Å². The van der Waals surface area contributed by atoms with Crippen molar-refractivity contribution in [2.24, 2.45) is 0 Å². The molecule has 0 amide bonds. The van der Waals surface area contributed by atoms with Crippen molar-refractivity contribution in [1.29, 1.82) is 0 Å². The molecule has 1 fully saturated rings. The van der Waals surface area contributed by atoms with Crippen molar-refractivity contribution in [2.75, 3.05) is 26.3 Å². The van der Waals surface area contributed by atoms with E-state index in [4.69, 9.17) is 12.6 Å². The Hall–Kier alpha value is -0.925. The molecule has 1 aliphatic heterocycles. The van der Waals surface area contributed by atoms with Gasteiger partial charge in [0.05, 0.1) is 0 Å². The van der Waals surface area contributed by atoms with Gasteiger partial charge in [-0.25, -0.2) is 0 Å². The third kappa shape index (κ3) is 3.53. The molecule has 98 valence electrons. The van der Waals surface area contributed by atoms with Crippen LogP contribution in [0.1, 0.15) is 0 Å². The van der Waals surface area contributed by atoms with E-state index in [2.05, 4.69) is 0 Å². The van der Waals surface area contributed by atoms with Gasteiger partial charge in [0.25, 0.3) is 0 Å². The molecular formula is C10H14BNO5S. The molecular weight excluding hydrogens is 257 g/mol. The van der Waals surface area contributed by atoms with Crippen LogP contribution in [0.25, 0.3) is 0 Å². The molecule has 1 aromatic rings. The third-order valence-corrected chi connectivity index (χ3v) is 4.40. The molecule has 1 heterocycles. The minimum absolute atomic E-state index is 0. The zero-order valence-corrected chi connectivity index (χ0v) is 10.5.